The highest BCUT2D eigenvalue weighted by molar-refractivity contribution is 5.78. The van der Waals surface area contributed by atoms with E-state index in [-0.39, 0.29) is 6.61 Å². The van der Waals surface area contributed by atoms with E-state index < -0.39 is 0 Å². The van der Waals surface area contributed by atoms with Gasteiger partial charge in [0.25, 0.3) is 0 Å². The number of amidine groups is 1. The number of benzene rings is 1. The molecule has 0 aliphatic carbocycles. The van der Waals surface area contributed by atoms with Crippen LogP contribution in [0.1, 0.15) is 116 Å². The van der Waals surface area contributed by atoms with Crippen LogP contribution in [-0.2, 0) is 6.54 Å². The predicted octanol–water partition coefficient (Wildman–Crippen LogP) is 7.41. The lowest BCUT2D eigenvalue weighted by atomic mass is 10.0. The van der Waals surface area contributed by atoms with Gasteiger partial charge in [0.2, 0.25) is 5.84 Å². The lowest BCUT2D eigenvalue weighted by Crippen LogP contribution is -2.32. The molecule has 2 rings (SSSR count). The number of aliphatic hydroxyl groups is 1. The van der Waals surface area contributed by atoms with Crippen LogP contribution in [0.25, 0.3) is 0 Å². The maximum atomic E-state index is 9.46. The highest BCUT2D eigenvalue weighted by atomic mass is 16.3. The second kappa shape index (κ2) is 18.0. The first-order valence-electron chi connectivity index (χ1n) is 14.2. The smallest absolute Gasteiger partial charge is 0.247 e. The Bertz CT molecular complexity index is 625. The molecule has 0 spiro atoms. The van der Waals surface area contributed by atoms with Crippen LogP contribution in [0.5, 0.6) is 0 Å². The SMILES string of the molecule is CC(C)CCCCCCCCCCCCCCCC1=[N+](Cc2ccccc2)CCN1CCO. The Morgan fingerprint density at radius 1 is 0.788 bits per heavy atom. The first kappa shape index (κ1) is 27.9. The number of β-amino-alcohol motifs (C(OH)–C–C–N with tert-alkyl or cyclic N) is 1. The molecule has 1 aliphatic rings. The second-order valence-corrected chi connectivity index (χ2v) is 10.6. The van der Waals surface area contributed by atoms with Crippen molar-refractivity contribution in [1.29, 1.82) is 0 Å². The Morgan fingerprint density at radius 2 is 1.33 bits per heavy atom. The number of rotatable bonds is 20. The van der Waals surface area contributed by atoms with Gasteiger partial charge in [-0.05, 0) is 17.9 Å². The molecule has 1 heterocycles. The van der Waals surface area contributed by atoms with E-state index >= 15 is 0 Å². The zero-order valence-corrected chi connectivity index (χ0v) is 21.9. The molecule has 0 amide bonds. The molecule has 33 heavy (non-hydrogen) atoms. The standard InChI is InChI=1S/C30H53N2O/c1-28(2)19-15-12-10-8-6-4-3-5-7-9-11-13-18-22-30-31(25-26-33)23-24-32(30)27-29-20-16-14-17-21-29/h14,16-17,20-21,28,33H,3-13,15,18-19,22-27H2,1-2H3/q+1. The van der Waals surface area contributed by atoms with Crippen molar-refractivity contribution in [1.82, 2.24) is 4.90 Å². The molecule has 0 unspecified atom stereocenters. The van der Waals surface area contributed by atoms with Gasteiger partial charge in [0.1, 0.15) is 26.2 Å². The quantitative estimate of drug-likeness (QED) is 0.163. The van der Waals surface area contributed by atoms with Crippen LogP contribution >= 0.6 is 0 Å². The molecular formula is C30H53N2O+. The van der Waals surface area contributed by atoms with Gasteiger partial charge in [0.15, 0.2) is 0 Å². The van der Waals surface area contributed by atoms with Gasteiger partial charge in [0, 0.05) is 6.42 Å². The molecule has 0 radical (unpaired) electrons. The first-order valence-corrected chi connectivity index (χ1v) is 14.2. The van der Waals surface area contributed by atoms with Crippen molar-refractivity contribution in [3.8, 4) is 0 Å². The molecule has 0 aromatic heterocycles. The molecule has 1 aromatic rings. The number of hydrogen-bond donors (Lipinski definition) is 1. The second-order valence-electron chi connectivity index (χ2n) is 10.6. The largest absolute Gasteiger partial charge is 0.392 e. The molecule has 1 aliphatic heterocycles. The van der Waals surface area contributed by atoms with Crippen LogP contribution in [0, 0.1) is 5.92 Å². The lowest BCUT2D eigenvalue weighted by Gasteiger charge is -2.12. The Kier molecular flexibility index (Phi) is 15.2. The van der Waals surface area contributed by atoms with E-state index in [1.807, 2.05) is 0 Å². The van der Waals surface area contributed by atoms with Gasteiger partial charge < -0.3 is 5.11 Å². The van der Waals surface area contributed by atoms with E-state index in [1.54, 1.807) is 0 Å². The van der Waals surface area contributed by atoms with Gasteiger partial charge in [-0.15, -0.1) is 0 Å². The zero-order chi connectivity index (χ0) is 23.6. The van der Waals surface area contributed by atoms with E-state index in [0.29, 0.717) is 0 Å². The fraction of sp³-hybridized carbons (Fsp3) is 0.767. The minimum Gasteiger partial charge on any atom is -0.392 e. The highest BCUT2D eigenvalue weighted by Crippen LogP contribution is 2.16. The van der Waals surface area contributed by atoms with Gasteiger partial charge >= 0.3 is 0 Å². The van der Waals surface area contributed by atoms with E-state index in [4.69, 9.17) is 0 Å². The van der Waals surface area contributed by atoms with Crippen LogP contribution in [0.2, 0.25) is 0 Å². The third kappa shape index (κ3) is 12.6. The Labute approximate surface area is 205 Å². The number of hydrogen-bond acceptors (Lipinski definition) is 2. The Hall–Kier alpha value is -1.35. The van der Waals surface area contributed by atoms with Crippen molar-refractivity contribution < 1.29 is 9.68 Å². The molecule has 1 aromatic carbocycles. The Balaban J connectivity index is 1.50. The molecule has 0 bridgehead atoms. The summed E-state index contributed by atoms with van der Waals surface area (Å²) in [4.78, 5) is 2.41. The zero-order valence-electron chi connectivity index (χ0n) is 21.9. The summed E-state index contributed by atoms with van der Waals surface area (Å²) < 4.78 is 2.54. The summed E-state index contributed by atoms with van der Waals surface area (Å²) in [5.74, 6) is 2.33. The van der Waals surface area contributed by atoms with E-state index in [9.17, 15) is 5.11 Å². The van der Waals surface area contributed by atoms with Gasteiger partial charge in [-0.2, -0.15) is 0 Å². The minimum atomic E-state index is 0.251. The molecule has 1 N–H and O–H groups in total. The van der Waals surface area contributed by atoms with Gasteiger partial charge in [-0.3, -0.25) is 9.48 Å². The number of nitrogens with zero attached hydrogens (tertiary/aromatic N) is 2. The summed E-state index contributed by atoms with van der Waals surface area (Å²) in [6.45, 7) is 8.84. The first-order chi connectivity index (χ1) is 16.2. The molecule has 0 fully saturated rings. The summed E-state index contributed by atoms with van der Waals surface area (Å²) in [7, 11) is 0. The van der Waals surface area contributed by atoms with Gasteiger partial charge in [0.05, 0.1) is 6.61 Å². The molecule has 0 saturated heterocycles. The van der Waals surface area contributed by atoms with Crippen LogP contribution < -0.4 is 0 Å². The van der Waals surface area contributed by atoms with Gasteiger partial charge in [-0.25, -0.2) is 0 Å². The Morgan fingerprint density at radius 3 is 1.88 bits per heavy atom. The predicted molar refractivity (Wildman–Crippen MR) is 143 cm³/mol. The summed E-state index contributed by atoms with van der Waals surface area (Å²) in [6, 6.07) is 10.8. The fourth-order valence-corrected chi connectivity index (χ4v) is 5.13. The van der Waals surface area contributed by atoms with Crippen molar-refractivity contribution in [2.75, 3.05) is 26.2 Å². The van der Waals surface area contributed by atoms with Crippen molar-refractivity contribution in [2.24, 2.45) is 5.92 Å². The summed E-state index contributed by atoms with van der Waals surface area (Å²) in [6.07, 6.45) is 20.9. The lowest BCUT2D eigenvalue weighted by molar-refractivity contribution is -0.535. The third-order valence-corrected chi connectivity index (χ3v) is 7.14. The summed E-state index contributed by atoms with van der Waals surface area (Å²) in [5.41, 5.74) is 1.38. The average Bonchev–Trinajstić information content (AvgIpc) is 3.18. The van der Waals surface area contributed by atoms with E-state index in [1.165, 1.54) is 101 Å². The molecule has 0 saturated carbocycles. The average molecular weight is 458 g/mol. The maximum absolute atomic E-state index is 9.46. The normalized spacial score (nSPS) is 14.1. The monoisotopic (exact) mass is 457 g/mol. The van der Waals surface area contributed by atoms with Crippen molar-refractivity contribution in [3.63, 3.8) is 0 Å². The molecule has 0 atom stereocenters. The topological polar surface area (TPSA) is 26.5 Å². The fourth-order valence-electron chi connectivity index (χ4n) is 5.13. The van der Waals surface area contributed by atoms with Crippen LogP contribution in [0.15, 0.2) is 30.3 Å². The van der Waals surface area contributed by atoms with Crippen molar-refractivity contribution >= 4 is 5.84 Å². The van der Waals surface area contributed by atoms with Crippen LogP contribution in [0.4, 0.5) is 0 Å². The van der Waals surface area contributed by atoms with Gasteiger partial charge in [-0.1, -0.05) is 128 Å². The van der Waals surface area contributed by atoms with E-state index in [2.05, 4.69) is 53.7 Å². The van der Waals surface area contributed by atoms with E-state index in [0.717, 1.165) is 38.5 Å². The summed E-state index contributed by atoms with van der Waals surface area (Å²) in [5, 5.41) is 9.46. The maximum Gasteiger partial charge on any atom is 0.247 e. The van der Waals surface area contributed by atoms with Crippen LogP contribution in [0.3, 0.4) is 0 Å². The molecule has 188 valence electrons. The molecule has 3 heteroatoms. The third-order valence-electron chi connectivity index (χ3n) is 7.14. The molecule has 3 nitrogen and oxygen atoms in total. The molecular weight excluding hydrogens is 404 g/mol. The minimum absolute atomic E-state index is 0.251. The van der Waals surface area contributed by atoms with Crippen LogP contribution in [-0.4, -0.2) is 46.7 Å². The number of aliphatic hydroxyl groups excluding tert-OH is 1. The highest BCUT2D eigenvalue weighted by Gasteiger charge is 2.29. The summed E-state index contributed by atoms with van der Waals surface area (Å²) >= 11 is 0. The van der Waals surface area contributed by atoms with Crippen molar-refractivity contribution in [3.05, 3.63) is 35.9 Å². The number of unbranched alkanes of at least 4 members (excludes halogenated alkanes) is 12. The van der Waals surface area contributed by atoms with Crippen molar-refractivity contribution in [2.45, 2.75) is 117 Å².